The molecule has 0 unspecified atom stereocenters. The summed E-state index contributed by atoms with van der Waals surface area (Å²) in [6.07, 6.45) is 1.40. The monoisotopic (exact) mass is 263 g/mol. The number of nitrogens with zero attached hydrogens (tertiary/aromatic N) is 3. The van der Waals surface area contributed by atoms with Gasteiger partial charge in [0.25, 0.3) is 0 Å². The van der Waals surface area contributed by atoms with Gasteiger partial charge in [0, 0.05) is 12.6 Å². The van der Waals surface area contributed by atoms with Gasteiger partial charge in [-0.2, -0.15) is 5.10 Å². The molecule has 1 aromatic heterocycles. The van der Waals surface area contributed by atoms with Gasteiger partial charge >= 0.3 is 11.7 Å². The topological polar surface area (TPSA) is 86.3 Å². The fourth-order valence-electron chi connectivity index (χ4n) is 1.73. The molecule has 1 heterocycles. The second kappa shape index (κ2) is 4.97. The van der Waals surface area contributed by atoms with Gasteiger partial charge in [-0.1, -0.05) is 0 Å². The van der Waals surface area contributed by atoms with Crippen molar-refractivity contribution in [3.8, 4) is 5.75 Å². The Morgan fingerprint density at radius 2 is 2.21 bits per heavy atom. The summed E-state index contributed by atoms with van der Waals surface area (Å²) in [6, 6.07) is 4.49. The lowest BCUT2D eigenvalue weighted by atomic mass is 10.1. The van der Waals surface area contributed by atoms with Crippen molar-refractivity contribution >= 4 is 5.97 Å². The lowest BCUT2D eigenvalue weighted by Gasteiger charge is -2.08. The van der Waals surface area contributed by atoms with E-state index < -0.39 is 5.97 Å². The quantitative estimate of drug-likeness (QED) is 0.859. The molecular weight excluding hydrogens is 250 g/mol. The van der Waals surface area contributed by atoms with E-state index >= 15 is 0 Å². The van der Waals surface area contributed by atoms with Crippen molar-refractivity contribution in [3.05, 3.63) is 46.1 Å². The molecule has 0 aliphatic heterocycles. The molecule has 1 N–H and O–H groups in total. The molecule has 7 nitrogen and oxygen atoms in total. The molecule has 2 aromatic rings. The third-order valence-corrected chi connectivity index (χ3v) is 2.73. The van der Waals surface area contributed by atoms with Crippen LogP contribution in [-0.2, 0) is 13.6 Å². The molecule has 19 heavy (non-hydrogen) atoms. The third kappa shape index (κ3) is 2.49. The van der Waals surface area contributed by atoms with E-state index in [0.29, 0.717) is 11.3 Å². The van der Waals surface area contributed by atoms with Crippen molar-refractivity contribution in [1.82, 2.24) is 14.3 Å². The number of carboxylic acids is 1. The molecule has 7 heteroatoms. The molecule has 2 rings (SSSR count). The van der Waals surface area contributed by atoms with Crippen molar-refractivity contribution in [2.75, 3.05) is 7.11 Å². The maximum Gasteiger partial charge on any atom is 0.345 e. The Morgan fingerprint density at radius 1 is 1.47 bits per heavy atom. The van der Waals surface area contributed by atoms with Gasteiger partial charge < -0.3 is 9.84 Å². The van der Waals surface area contributed by atoms with Crippen LogP contribution in [-0.4, -0.2) is 32.5 Å². The first-order chi connectivity index (χ1) is 9.02. The molecule has 1 aromatic carbocycles. The van der Waals surface area contributed by atoms with Crippen molar-refractivity contribution < 1.29 is 14.6 Å². The van der Waals surface area contributed by atoms with E-state index in [4.69, 9.17) is 9.84 Å². The van der Waals surface area contributed by atoms with Gasteiger partial charge in [0.1, 0.15) is 12.1 Å². The minimum Gasteiger partial charge on any atom is -0.496 e. The van der Waals surface area contributed by atoms with Crippen molar-refractivity contribution in [2.24, 2.45) is 7.05 Å². The van der Waals surface area contributed by atoms with Crippen LogP contribution in [0.5, 0.6) is 5.75 Å². The molecular formula is C12H13N3O4. The molecule has 0 spiro atoms. The molecule has 0 saturated carbocycles. The van der Waals surface area contributed by atoms with E-state index in [-0.39, 0.29) is 17.8 Å². The number of aromatic carboxylic acids is 1. The Morgan fingerprint density at radius 3 is 2.74 bits per heavy atom. The molecule has 0 bridgehead atoms. The summed E-state index contributed by atoms with van der Waals surface area (Å²) in [5.74, 6) is -0.514. The van der Waals surface area contributed by atoms with E-state index in [1.807, 2.05) is 0 Å². The van der Waals surface area contributed by atoms with Crippen molar-refractivity contribution in [2.45, 2.75) is 6.54 Å². The molecule has 100 valence electrons. The van der Waals surface area contributed by atoms with Gasteiger partial charge in [-0.25, -0.2) is 14.3 Å². The maximum absolute atomic E-state index is 11.7. The number of rotatable bonds is 4. The average Bonchev–Trinajstić information content (AvgIpc) is 2.70. The van der Waals surface area contributed by atoms with Crippen molar-refractivity contribution in [3.63, 3.8) is 0 Å². The van der Waals surface area contributed by atoms with Crippen LogP contribution in [0.4, 0.5) is 0 Å². The van der Waals surface area contributed by atoms with E-state index in [9.17, 15) is 9.59 Å². The van der Waals surface area contributed by atoms with Crippen LogP contribution in [0.2, 0.25) is 0 Å². The second-order valence-electron chi connectivity index (χ2n) is 4.01. The van der Waals surface area contributed by atoms with E-state index in [1.54, 1.807) is 13.1 Å². The highest BCUT2D eigenvalue weighted by molar-refractivity contribution is 5.88. The fraction of sp³-hybridized carbons (Fsp3) is 0.250. The minimum atomic E-state index is -1.03. The first-order valence-electron chi connectivity index (χ1n) is 5.51. The highest BCUT2D eigenvalue weighted by Crippen LogP contribution is 2.20. The van der Waals surface area contributed by atoms with Crippen LogP contribution < -0.4 is 10.4 Å². The molecule has 0 aliphatic carbocycles. The zero-order valence-corrected chi connectivity index (χ0v) is 10.5. The average molecular weight is 263 g/mol. The molecule has 0 radical (unpaired) electrons. The van der Waals surface area contributed by atoms with Gasteiger partial charge in [-0.05, 0) is 18.2 Å². The lowest BCUT2D eigenvalue weighted by Crippen LogP contribution is -2.23. The van der Waals surface area contributed by atoms with Crippen LogP contribution in [0, 0.1) is 0 Å². The Balaban J connectivity index is 2.43. The Bertz CT molecular complexity index is 672. The zero-order chi connectivity index (χ0) is 14.0. The normalized spacial score (nSPS) is 10.4. The van der Waals surface area contributed by atoms with Gasteiger partial charge in [0.15, 0.2) is 0 Å². The lowest BCUT2D eigenvalue weighted by molar-refractivity contribution is 0.0696. The van der Waals surface area contributed by atoms with Crippen LogP contribution in [0.25, 0.3) is 0 Å². The van der Waals surface area contributed by atoms with Gasteiger partial charge in [0.05, 0.1) is 19.2 Å². The molecule has 0 amide bonds. The number of carbonyl (C=O) groups is 1. The predicted molar refractivity (Wildman–Crippen MR) is 66.5 cm³/mol. The summed E-state index contributed by atoms with van der Waals surface area (Å²) in [7, 11) is 3.08. The Labute approximate surface area is 108 Å². The molecule has 0 aliphatic rings. The number of hydrogen-bond acceptors (Lipinski definition) is 4. The third-order valence-electron chi connectivity index (χ3n) is 2.73. The van der Waals surface area contributed by atoms with Crippen LogP contribution in [0.3, 0.4) is 0 Å². The smallest absolute Gasteiger partial charge is 0.345 e. The first kappa shape index (κ1) is 12.9. The molecule has 0 fully saturated rings. The fourth-order valence-corrected chi connectivity index (χ4v) is 1.73. The summed E-state index contributed by atoms with van der Waals surface area (Å²) in [4.78, 5) is 22.6. The zero-order valence-electron chi connectivity index (χ0n) is 10.5. The van der Waals surface area contributed by atoms with Crippen molar-refractivity contribution in [1.29, 1.82) is 0 Å². The predicted octanol–water partition coefficient (Wildman–Crippen LogP) is 0.337. The Hall–Kier alpha value is -2.57. The first-order valence-corrected chi connectivity index (χ1v) is 5.51. The van der Waals surface area contributed by atoms with Crippen LogP contribution >= 0.6 is 0 Å². The number of methoxy groups -OCH3 is 1. The number of aryl methyl sites for hydroxylation is 1. The molecule has 0 atom stereocenters. The summed E-state index contributed by atoms with van der Waals surface area (Å²) in [6.45, 7) is 0.157. The van der Waals surface area contributed by atoms with Gasteiger partial charge in [0.2, 0.25) is 0 Å². The Kier molecular flexibility index (Phi) is 3.37. The number of hydrogen-bond donors (Lipinski definition) is 1. The number of aromatic nitrogens is 3. The molecule has 0 saturated heterocycles. The standard InChI is InChI=1S/C12H13N3O4/c1-14-7-13-15(12(14)18)6-9-5-8(11(16)17)3-4-10(9)19-2/h3-5,7H,6H2,1-2H3,(H,16,17). The maximum atomic E-state index is 11.7. The SMILES string of the molecule is COc1ccc(C(=O)O)cc1Cn1ncn(C)c1=O. The van der Waals surface area contributed by atoms with E-state index in [2.05, 4.69) is 5.10 Å². The summed E-state index contributed by atoms with van der Waals surface area (Å²) in [5, 5.41) is 12.9. The minimum absolute atomic E-state index is 0.139. The van der Waals surface area contributed by atoms with E-state index in [0.717, 1.165) is 0 Å². The van der Waals surface area contributed by atoms with Gasteiger partial charge in [-0.3, -0.25) is 4.57 Å². The summed E-state index contributed by atoms with van der Waals surface area (Å²) in [5.41, 5.74) is 0.450. The number of ether oxygens (including phenoxy) is 1. The number of carboxylic acid groups (broad SMARTS) is 1. The summed E-state index contributed by atoms with van der Waals surface area (Å²) < 4.78 is 7.74. The van der Waals surface area contributed by atoms with Gasteiger partial charge in [-0.15, -0.1) is 0 Å². The summed E-state index contributed by atoms with van der Waals surface area (Å²) >= 11 is 0. The highest BCUT2D eigenvalue weighted by atomic mass is 16.5. The largest absolute Gasteiger partial charge is 0.496 e. The second-order valence-corrected chi connectivity index (χ2v) is 4.01. The van der Waals surface area contributed by atoms with Crippen LogP contribution in [0.15, 0.2) is 29.3 Å². The highest BCUT2D eigenvalue weighted by Gasteiger charge is 2.11. The van der Waals surface area contributed by atoms with E-state index in [1.165, 1.54) is 34.8 Å². The van der Waals surface area contributed by atoms with Crippen LogP contribution in [0.1, 0.15) is 15.9 Å². The number of benzene rings is 1.